The number of para-hydroxylation sites is 1. The van der Waals surface area contributed by atoms with Gasteiger partial charge in [0.25, 0.3) is 0 Å². The largest absolute Gasteiger partial charge is 0.391 e. The second kappa shape index (κ2) is 28.2. The molecule has 19 N–H and O–H groups in total. The number of fused-ring (bicyclic) bond motifs is 2. The molecule has 3 heterocycles. The molecule has 2 fully saturated rings. The minimum absolute atomic E-state index is 0.00748. The Bertz CT molecular complexity index is 2570. The van der Waals surface area contributed by atoms with Gasteiger partial charge in [-0.2, -0.15) is 0 Å². The zero-order valence-electron chi connectivity index (χ0n) is 41.8. The van der Waals surface area contributed by atoms with Crippen LogP contribution in [0.25, 0.3) is 10.9 Å². The number of nitrogens with two attached hydrogens (primary N) is 5. The van der Waals surface area contributed by atoms with Gasteiger partial charge in [0.15, 0.2) is 11.9 Å². The normalized spacial score (nSPS) is 23.0. The van der Waals surface area contributed by atoms with E-state index in [0.717, 1.165) is 15.8 Å². The van der Waals surface area contributed by atoms with Crippen molar-refractivity contribution in [3.8, 4) is 0 Å². The molecule has 26 nitrogen and oxygen atoms in total. The molecule has 5 rings (SSSR count). The highest BCUT2D eigenvalue weighted by atomic mass is 16.3. The van der Waals surface area contributed by atoms with Crippen molar-refractivity contribution in [2.24, 2.45) is 38.7 Å². The Labute approximate surface area is 432 Å². The van der Waals surface area contributed by atoms with Gasteiger partial charge in [0, 0.05) is 69.5 Å². The Morgan fingerprint density at radius 1 is 0.773 bits per heavy atom. The number of aliphatic hydroxyl groups is 1. The van der Waals surface area contributed by atoms with Crippen LogP contribution < -0.4 is 65.9 Å². The molecule has 9 amide bonds. The number of aliphatic imine (C=N–C) groups is 2. The smallest absolute Gasteiger partial charge is 0.246 e. The van der Waals surface area contributed by atoms with Crippen molar-refractivity contribution in [2.75, 3.05) is 26.2 Å². The summed E-state index contributed by atoms with van der Waals surface area (Å²) in [4.78, 5) is 137. The van der Waals surface area contributed by atoms with Gasteiger partial charge in [0.1, 0.15) is 42.3 Å². The topological polar surface area (TPSA) is 432 Å². The predicted octanol–water partition coefficient (Wildman–Crippen LogP) is -3.87. The Morgan fingerprint density at radius 2 is 1.40 bits per heavy atom. The van der Waals surface area contributed by atoms with Crippen LogP contribution in [0.5, 0.6) is 0 Å². The van der Waals surface area contributed by atoms with Gasteiger partial charge >= 0.3 is 0 Å². The van der Waals surface area contributed by atoms with Gasteiger partial charge in [-0.25, -0.2) is 0 Å². The maximum Gasteiger partial charge on any atom is 0.246 e. The fourth-order valence-corrected chi connectivity index (χ4v) is 8.89. The fourth-order valence-electron chi connectivity index (χ4n) is 8.89. The molecule has 2 aliphatic rings. The lowest BCUT2D eigenvalue weighted by atomic mass is 10.0. The molecule has 0 aliphatic carbocycles. The zero-order chi connectivity index (χ0) is 54.6. The summed E-state index contributed by atoms with van der Waals surface area (Å²) in [5, 5.41) is 30.4. The highest BCUT2D eigenvalue weighted by Gasteiger charge is 2.44. The monoisotopic (exact) mass is 1040 g/mol. The minimum Gasteiger partial charge on any atom is -0.391 e. The number of guanidine groups is 2. The number of hydrogen-bond donors (Lipinski definition) is 14. The van der Waals surface area contributed by atoms with Crippen LogP contribution in [0.1, 0.15) is 75.8 Å². The van der Waals surface area contributed by atoms with Gasteiger partial charge in [-0.05, 0) is 62.1 Å². The summed E-state index contributed by atoms with van der Waals surface area (Å²) in [6.45, 7) is 0.948. The summed E-state index contributed by atoms with van der Waals surface area (Å²) < 4.78 is 0. The van der Waals surface area contributed by atoms with E-state index in [2.05, 4.69) is 52.2 Å². The number of nitrogens with zero attached hydrogens (tertiary/aromatic N) is 3. The second-order valence-corrected chi connectivity index (χ2v) is 18.6. The number of H-pyrrole nitrogens is 1. The van der Waals surface area contributed by atoms with Gasteiger partial charge in [0.2, 0.25) is 53.2 Å². The Morgan fingerprint density at radius 3 is 2.09 bits per heavy atom. The third-order valence-corrected chi connectivity index (χ3v) is 12.6. The first-order chi connectivity index (χ1) is 35.8. The first kappa shape index (κ1) is 57.6. The number of aromatic amines is 1. The molecule has 8 atom stereocenters. The third-order valence-electron chi connectivity index (χ3n) is 12.6. The molecule has 0 bridgehead atoms. The molecule has 1 aromatic heterocycles. The van der Waals surface area contributed by atoms with E-state index in [1.807, 2.05) is 24.3 Å². The third kappa shape index (κ3) is 18.0. The number of benzene rings is 2. The molecule has 2 saturated heterocycles. The average molecular weight is 1040 g/mol. The van der Waals surface area contributed by atoms with Gasteiger partial charge in [-0.3, -0.25) is 53.1 Å². The summed E-state index contributed by atoms with van der Waals surface area (Å²) in [5.74, 6) is -7.63. The Balaban J connectivity index is 1.53. The van der Waals surface area contributed by atoms with Crippen molar-refractivity contribution < 1.29 is 48.3 Å². The number of aromatic nitrogens is 1. The Kier molecular flexibility index (Phi) is 21.7. The molecule has 406 valence electrons. The lowest BCUT2D eigenvalue weighted by molar-refractivity contribution is -0.143. The second-order valence-electron chi connectivity index (χ2n) is 18.6. The molecule has 0 saturated carbocycles. The molecule has 75 heavy (non-hydrogen) atoms. The van der Waals surface area contributed by atoms with Gasteiger partial charge in [-0.15, -0.1) is 0 Å². The van der Waals surface area contributed by atoms with Crippen molar-refractivity contribution in [3.05, 3.63) is 71.9 Å². The van der Waals surface area contributed by atoms with Crippen molar-refractivity contribution >= 4 is 76.0 Å². The number of rotatable bonds is 16. The maximum atomic E-state index is 14.6. The summed E-state index contributed by atoms with van der Waals surface area (Å²) in [6, 6.07) is 6.23. The van der Waals surface area contributed by atoms with Crippen LogP contribution >= 0.6 is 0 Å². The molecule has 2 aliphatic heterocycles. The summed E-state index contributed by atoms with van der Waals surface area (Å²) in [5.41, 5.74) is 29.8. The quantitative estimate of drug-likeness (QED) is 0.0371. The van der Waals surface area contributed by atoms with Gasteiger partial charge < -0.3 is 80.9 Å². The highest BCUT2D eigenvalue weighted by molar-refractivity contribution is 5.99. The standard InChI is InChI=1S/C49H70N16O10/c1-27(66)59-34(16-9-19-56-48(51)52)42(70)64-38-24-40(68)55-18-8-7-15-33(41(50)69)60-45(73)37(22-29-25-58-32-14-6-5-13-31(29)32)62-43(71)35(17-10-20-57-49(53)54)61-44(72)36(21-28-11-3-2-4-12-28)63-46(74)39-23-30(67)26-65(39)47(38)75/h2-6,11-14,25,30,33-39,58,67H,7-10,15-24,26H2,1H3,(H2,50,69)(H,55,68)(H,59,66)(H,60,73)(H,61,72)(H,62,71)(H,63,74)(H,64,70)(H4,51,52,56)(H4,53,54,57)/t30-,33+,34+,35+,36-,37+,38+,39+/m1/s1. The van der Waals surface area contributed by atoms with E-state index in [4.69, 9.17) is 28.7 Å². The SMILES string of the molecule is CC(=O)N[C@@H](CCCN=C(N)N)C(=O)N[C@H]1CC(=O)NCCCC[C@@H](C(N)=O)NC(=O)[C@H](Cc2c[nH]c3ccccc23)NC(=O)[C@H](CCCN=C(N)N)NC(=O)[C@@H](Cc2ccccc2)NC(=O)[C@@H]2C[C@@H](O)CN2C1=O. The van der Waals surface area contributed by atoms with Crippen LogP contribution in [-0.4, -0.2) is 155 Å². The van der Waals surface area contributed by atoms with Crippen molar-refractivity contribution in [1.82, 2.24) is 47.1 Å². The van der Waals surface area contributed by atoms with Crippen LogP contribution in [0.3, 0.4) is 0 Å². The van der Waals surface area contributed by atoms with E-state index in [1.165, 1.54) is 6.92 Å². The van der Waals surface area contributed by atoms with E-state index in [1.54, 1.807) is 36.5 Å². The maximum absolute atomic E-state index is 14.6. The molecule has 0 radical (unpaired) electrons. The lowest BCUT2D eigenvalue weighted by Crippen LogP contribution is -2.60. The number of carbonyl (C=O) groups excluding carboxylic acids is 9. The van der Waals surface area contributed by atoms with E-state index < -0.39 is 115 Å². The number of carbonyl (C=O) groups is 9. The molecule has 2 aromatic carbocycles. The summed E-state index contributed by atoms with van der Waals surface area (Å²) in [6.07, 6.45) is 0.110. The molecule has 0 spiro atoms. The van der Waals surface area contributed by atoms with Gasteiger partial charge in [0.05, 0.1) is 12.5 Å². The predicted molar refractivity (Wildman–Crippen MR) is 276 cm³/mol. The highest BCUT2D eigenvalue weighted by Crippen LogP contribution is 2.22. The number of nitrogens with one attached hydrogen (secondary N) is 8. The van der Waals surface area contributed by atoms with Crippen LogP contribution in [0.4, 0.5) is 0 Å². The molecular formula is C49H70N16O10. The van der Waals surface area contributed by atoms with E-state index in [-0.39, 0.29) is 95.8 Å². The van der Waals surface area contributed by atoms with Crippen LogP contribution in [0.2, 0.25) is 0 Å². The number of aliphatic hydroxyl groups excluding tert-OH is 1. The average Bonchev–Trinajstić information content (AvgIpc) is 3.96. The van der Waals surface area contributed by atoms with Crippen LogP contribution in [-0.2, 0) is 56.0 Å². The Hall–Kier alpha value is -8.29. The minimum atomic E-state index is -1.65. The molecular weight excluding hydrogens is 973 g/mol. The van der Waals surface area contributed by atoms with Crippen molar-refractivity contribution in [2.45, 2.75) is 126 Å². The number of hydrogen-bond acceptors (Lipinski definition) is 12. The van der Waals surface area contributed by atoms with Crippen molar-refractivity contribution in [3.63, 3.8) is 0 Å². The van der Waals surface area contributed by atoms with Crippen LogP contribution in [0, 0.1) is 0 Å². The number of amides is 9. The van der Waals surface area contributed by atoms with E-state index in [9.17, 15) is 48.3 Å². The summed E-state index contributed by atoms with van der Waals surface area (Å²) in [7, 11) is 0. The van der Waals surface area contributed by atoms with Crippen molar-refractivity contribution in [1.29, 1.82) is 0 Å². The lowest BCUT2D eigenvalue weighted by Gasteiger charge is -2.30. The first-order valence-corrected chi connectivity index (χ1v) is 24.8. The van der Waals surface area contributed by atoms with Gasteiger partial charge in [-0.1, -0.05) is 48.5 Å². The molecule has 0 unspecified atom stereocenters. The first-order valence-electron chi connectivity index (χ1n) is 24.8. The molecule has 26 heteroatoms. The molecule has 3 aromatic rings. The zero-order valence-corrected chi connectivity index (χ0v) is 41.8. The van der Waals surface area contributed by atoms with E-state index >= 15 is 0 Å². The summed E-state index contributed by atoms with van der Waals surface area (Å²) >= 11 is 0. The fraction of sp³-hybridized carbons (Fsp3) is 0.490. The van der Waals surface area contributed by atoms with Crippen LogP contribution in [0.15, 0.2) is 70.8 Å². The van der Waals surface area contributed by atoms with E-state index in [0.29, 0.717) is 11.1 Å². The number of primary amides is 1.